The zero-order valence-electron chi connectivity index (χ0n) is 10.4. The summed E-state index contributed by atoms with van der Waals surface area (Å²) in [7, 11) is 0. The summed E-state index contributed by atoms with van der Waals surface area (Å²) >= 11 is 0. The number of ether oxygens (including phenoxy) is 1. The first kappa shape index (κ1) is 12.2. The van der Waals surface area contributed by atoms with E-state index in [0.29, 0.717) is 22.9 Å². The Morgan fingerprint density at radius 2 is 2.17 bits per heavy atom. The fourth-order valence-corrected chi connectivity index (χ4v) is 1.53. The maximum atomic E-state index is 12.0. The van der Waals surface area contributed by atoms with Gasteiger partial charge < -0.3 is 4.74 Å². The fraction of sp³-hybridized carbons (Fsp3) is 0.333. The van der Waals surface area contributed by atoms with E-state index >= 15 is 0 Å². The molecular weight excluding hydrogens is 234 g/mol. The Balaban J connectivity index is 2.51. The van der Waals surface area contributed by atoms with Gasteiger partial charge in [-0.1, -0.05) is 0 Å². The number of hydrogen-bond acceptors (Lipinski definition) is 5. The van der Waals surface area contributed by atoms with Gasteiger partial charge in [-0.15, -0.1) is 0 Å². The van der Waals surface area contributed by atoms with Crippen molar-refractivity contribution in [1.82, 2.24) is 14.5 Å². The molecule has 0 radical (unpaired) electrons. The molecule has 18 heavy (non-hydrogen) atoms. The molecule has 94 valence electrons. The number of aromatic nitrogens is 3. The molecule has 2 aromatic rings. The summed E-state index contributed by atoms with van der Waals surface area (Å²) in [6.07, 6.45) is 4.30. The zero-order chi connectivity index (χ0) is 13.3. The van der Waals surface area contributed by atoms with Crippen molar-refractivity contribution in [3.05, 3.63) is 24.3 Å². The van der Waals surface area contributed by atoms with Crippen molar-refractivity contribution in [3.8, 4) is 0 Å². The molecular formula is C12H13N3O3. The monoisotopic (exact) mass is 247 g/mol. The molecule has 0 bridgehead atoms. The van der Waals surface area contributed by atoms with Gasteiger partial charge in [0.05, 0.1) is 0 Å². The third-order valence-electron chi connectivity index (χ3n) is 2.22. The van der Waals surface area contributed by atoms with E-state index in [1.165, 1.54) is 23.3 Å². The lowest BCUT2D eigenvalue weighted by Crippen LogP contribution is -2.26. The lowest BCUT2D eigenvalue weighted by molar-refractivity contribution is 0.0543. The van der Waals surface area contributed by atoms with Crippen molar-refractivity contribution in [2.45, 2.75) is 26.4 Å². The molecule has 0 aliphatic carbocycles. The summed E-state index contributed by atoms with van der Waals surface area (Å²) in [4.78, 5) is 30.7. The number of rotatable bonds is 1. The van der Waals surface area contributed by atoms with Crippen LogP contribution in [0.2, 0.25) is 0 Å². The minimum absolute atomic E-state index is 0.358. The third kappa shape index (κ3) is 2.22. The van der Waals surface area contributed by atoms with E-state index in [1.54, 1.807) is 20.8 Å². The minimum Gasteiger partial charge on any atom is -0.443 e. The Morgan fingerprint density at radius 3 is 2.78 bits per heavy atom. The molecule has 0 aromatic carbocycles. The number of carbonyl (C=O) groups excluding carboxylic acids is 2. The number of carbonyl (C=O) groups is 2. The van der Waals surface area contributed by atoms with Crippen LogP contribution in [0.3, 0.4) is 0 Å². The topological polar surface area (TPSA) is 74.1 Å². The highest BCUT2D eigenvalue weighted by atomic mass is 16.6. The number of fused-ring (bicyclic) bond motifs is 1. The van der Waals surface area contributed by atoms with Crippen molar-refractivity contribution >= 4 is 23.4 Å². The van der Waals surface area contributed by atoms with E-state index in [1.807, 2.05) is 0 Å². The summed E-state index contributed by atoms with van der Waals surface area (Å²) in [5, 5.41) is 0.526. The highest BCUT2D eigenvalue weighted by Crippen LogP contribution is 2.18. The molecule has 0 unspecified atom stereocenters. The van der Waals surface area contributed by atoms with Gasteiger partial charge in [-0.25, -0.2) is 19.3 Å². The molecule has 6 nitrogen and oxygen atoms in total. The second kappa shape index (κ2) is 4.21. The molecule has 2 heterocycles. The van der Waals surface area contributed by atoms with Crippen molar-refractivity contribution in [2.75, 3.05) is 0 Å². The first-order valence-corrected chi connectivity index (χ1v) is 5.42. The number of hydrogen-bond donors (Lipinski definition) is 0. The molecule has 0 amide bonds. The maximum Gasteiger partial charge on any atom is 0.420 e. The van der Waals surface area contributed by atoms with Crippen LogP contribution >= 0.6 is 0 Å². The first-order chi connectivity index (χ1) is 8.42. The molecule has 0 saturated carbocycles. The van der Waals surface area contributed by atoms with Gasteiger partial charge in [-0.3, -0.25) is 4.79 Å². The maximum absolute atomic E-state index is 12.0. The second-order valence-electron chi connectivity index (χ2n) is 4.81. The summed E-state index contributed by atoms with van der Waals surface area (Å²) in [5.41, 5.74) is 0.111. The summed E-state index contributed by atoms with van der Waals surface area (Å²) in [6.45, 7) is 5.31. The van der Waals surface area contributed by atoms with Crippen LogP contribution in [0.4, 0.5) is 4.79 Å². The van der Waals surface area contributed by atoms with Crippen LogP contribution in [-0.2, 0) is 4.74 Å². The van der Waals surface area contributed by atoms with Crippen molar-refractivity contribution in [2.24, 2.45) is 0 Å². The standard InChI is InChI=1S/C12H13N3O3/c1-12(2,3)18-11(17)15-5-8(6-16)9-4-13-7-14-10(9)15/h4-7H,1-3H3. The van der Waals surface area contributed by atoms with Crippen LogP contribution < -0.4 is 0 Å². The molecule has 0 N–H and O–H groups in total. The van der Waals surface area contributed by atoms with Gasteiger partial charge in [0.25, 0.3) is 0 Å². The van der Waals surface area contributed by atoms with Crippen LogP contribution in [0.5, 0.6) is 0 Å². The van der Waals surface area contributed by atoms with E-state index in [0.717, 1.165) is 0 Å². The third-order valence-corrected chi connectivity index (χ3v) is 2.22. The van der Waals surface area contributed by atoms with E-state index in [4.69, 9.17) is 4.74 Å². The lowest BCUT2D eigenvalue weighted by atomic mass is 10.2. The average Bonchev–Trinajstić information content (AvgIpc) is 2.65. The van der Waals surface area contributed by atoms with Gasteiger partial charge in [0.2, 0.25) is 0 Å². The highest BCUT2D eigenvalue weighted by Gasteiger charge is 2.21. The molecule has 2 aromatic heterocycles. The van der Waals surface area contributed by atoms with Crippen molar-refractivity contribution in [1.29, 1.82) is 0 Å². The van der Waals surface area contributed by atoms with Crippen molar-refractivity contribution in [3.63, 3.8) is 0 Å². The van der Waals surface area contributed by atoms with Gasteiger partial charge in [0.15, 0.2) is 11.9 Å². The van der Waals surface area contributed by atoms with Crippen LogP contribution in [0.1, 0.15) is 31.1 Å². The summed E-state index contributed by atoms with van der Waals surface area (Å²) < 4.78 is 6.45. The minimum atomic E-state index is -0.609. The van der Waals surface area contributed by atoms with E-state index < -0.39 is 11.7 Å². The predicted molar refractivity (Wildman–Crippen MR) is 64.5 cm³/mol. The van der Waals surface area contributed by atoms with E-state index in [9.17, 15) is 9.59 Å². The predicted octanol–water partition coefficient (Wildman–Crippen LogP) is 2.03. The van der Waals surface area contributed by atoms with Crippen LogP contribution in [-0.4, -0.2) is 32.5 Å². The Kier molecular flexibility index (Phi) is 2.86. The Morgan fingerprint density at radius 1 is 1.44 bits per heavy atom. The largest absolute Gasteiger partial charge is 0.443 e. The molecule has 0 saturated heterocycles. The van der Waals surface area contributed by atoms with Gasteiger partial charge in [-0.05, 0) is 20.8 Å². The SMILES string of the molecule is CC(C)(C)OC(=O)n1cc(C=O)c2cncnc21. The highest BCUT2D eigenvalue weighted by molar-refractivity contribution is 5.99. The zero-order valence-corrected chi connectivity index (χ0v) is 10.4. The molecule has 6 heteroatoms. The molecule has 0 aliphatic heterocycles. The summed E-state index contributed by atoms with van der Waals surface area (Å²) in [6, 6.07) is 0. The Labute approximate surface area is 104 Å². The smallest absolute Gasteiger partial charge is 0.420 e. The number of nitrogens with zero attached hydrogens (tertiary/aromatic N) is 3. The Hall–Kier alpha value is -2.24. The molecule has 0 spiro atoms. The van der Waals surface area contributed by atoms with Crippen LogP contribution in [0.25, 0.3) is 11.0 Å². The quantitative estimate of drug-likeness (QED) is 0.721. The van der Waals surface area contributed by atoms with E-state index in [2.05, 4.69) is 9.97 Å². The first-order valence-electron chi connectivity index (χ1n) is 5.42. The average molecular weight is 247 g/mol. The van der Waals surface area contributed by atoms with Gasteiger partial charge in [0, 0.05) is 23.3 Å². The van der Waals surface area contributed by atoms with Gasteiger partial charge in [0.1, 0.15) is 11.9 Å². The number of aldehydes is 1. The summed E-state index contributed by atoms with van der Waals surface area (Å²) in [5.74, 6) is 0. The molecule has 2 rings (SSSR count). The van der Waals surface area contributed by atoms with Crippen molar-refractivity contribution < 1.29 is 14.3 Å². The molecule has 0 atom stereocenters. The Bertz CT molecular complexity index is 611. The lowest BCUT2D eigenvalue weighted by Gasteiger charge is -2.19. The second-order valence-corrected chi connectivity index (χ2v) is 4.81. The van der Waals surface area contributed by atoms with Gasteiger partial charge >= 0.3 is 6.09 Å². The normalized spacial score (nSPS) is 11.5. The fourth-order valence-electron chi connectivity index (χ4n) is 1.53. The van der Waals surface area contributed by atoms with Crippen LogP contribution in [0.15, 0.2) is 18.7 Å². The van der Waals surface area contributed by atoms with E-state index in [-0.39, 0.29) is 0 Å². The van der Waals surface area contributed by atoms with Gasteiger partial charge in [-0.2, -0.15) is 0 Å². The molecule has 0 fully saturated rings. The van der Waals surface area contributed by atoms with Crippen LogP contribution in [0, 0.1) is 0 Å². The molecule has 0 aliphatic rings.